The van der Waals surface area contributed by atoms with Gasteiger partial charge < -0.3 is 9.88 Å². The molecule has 1 aliphatic carbocycles. The van der Waals surface area contributed by atoms with Crippen LogP contribution < -0.4 is 5.32 Å². The van der Waals surface area contributed by atoms with Crippen molar-refractivity contribution in [1.29, 1.82) is 0 Å². The van der Waals surface area contributed by atoms with Crippen LogP contribution in [0.15, 0.2) is 23.1 Å². The van der Waals surface area contributed by atoms with Crippen LogP contribution in [0, 0.1) is 0 Å². The van der Waals surface area contributed by atoms with E-state index >= 15 is 0 Å². The van der Waals surface area contributed by atoms with Gasteiger partial charge in [-0.2, -0.15) is 0 Å². The summed E-state index contributed by atoms with van der Waals surface area (Å²) in [6, 6.07) is 5.01. The third-order valence-corrected chi connectivity index (χ3v) is 9.54. The molecule has 188 valence electrons. The van der Waals surface area contributed by atoms with Crippen LogP contribution in [0.2, 0.25) is 0 Å². The zero-order valence-corrected chi connectivity index (χ0v) is 21.7. The summed E-state index contributed by atoms with van der Waals surface area (Å²) in [5.41, 5.74) is 1.62. The summed E-state index contributed by atoms with van der Waals surface area (Å²) in [7, 11) is 1.43. The second-order valence-corrected chi connectivity index (χ2v) is 12.3. The number of likely N-dealkylation sites (tertiary alicyclic amines) is 1. The molecule has 0 spiro atoms. The molecule has 2 heterocycles. The lowest BCUT2D eigenvalue weighted by Crippen LogP contribution is -2.58. The summed E-state index contributed by atoms with van der Waals surface area (Å²) in [5.74, 6) is 0.845. The van der Waals surface area contributed by atoms with E-state index in [1.165, 1.54) is 69.8 Å². The first-order valence-corrected chi connectivity index (χ1v) is 14.1. The predicted molar refractivity (Wildman–Crippen MR) is 134 cm³/mol. The molecule has 0 bridgehead atoms. The molecule has 1 aromatic heterocycles. The Bertz CT molecular complexity index is 1110. The molecule has 0 radical (unpaired) electrons. The molecule has 1 N–H and O–H groups in total. The van der Waals surface area contributed by atoms with Crippen LogP contribution in [0.5, 0.6) is 0 Å². The minimum absolute atomic E-state index is 0.0601. The standard InChI is InChI=1S/C25H39N5O3S/c1-28(2)34(32,33)20-10-11-22-21(18-20)27-23(29(22)3)12-13-24(31)26-19-25(14-6-4-7-15-25)30-16-8-5-9-17-30/h10-11,18H,4-9,12-17,19H2,1-3H3,(H,26,31). The molecule has 1 amide bonds. The molecule has 0 atom stereocenters. The zero-order valence-electron chi connectivity index (χ0n) is 20.8. The summed E-state index contributed by atoms with van der Waals surface area (Å²) in [6.07, 6.45) is 10.9. The summed E-state index contributed by atoms with van der Waals surface area (Å²) in [4.78, 5) is 20.3. The van der Waals surface area contributed by atoms with Crippen molar-refractivity contribution in [1.82, 2.24) is 24.1 Å². The monoisotopic (exact) mass is 489 g/mol. The Morgan fingerprint density at radius 1 is 1.09 bits per heavy atom. The first-order chi connectivity index (χ1) is 16.2. The molecule has 2 aromatic rings. The number of carbonyl (C=O) groups is 1. The minimum atomic E-state index is -3.52. The van der Waals surface area contributed by atoms with Gasteiger partial charge in [0, 0.05) is 46.1 Å². The number of benzene rings is 1. The molecule has 8 nitrogen and oxygen atoms in total. The first kappa shape index (κ1) is 25.1. The van der Waals surface area contributed by atoms with Crippen molar-refractivity contribution in [3.63, 3.8) is 0 Å². The van der Waals surface area contributed by atoms with Crippen molar-refractivity contribution in [2.75, 3.05) is 33.7 Å². The second-order valence-electron chi connectivity index (χ2n) is 10.1. The van der Waals surface area contributed by atoms with Crippen LogP contribution in [-0.4, -0.2) is 72.3 Å². The fourth-order valence-corrected chi connectivity index (χ4v) is 6.51. The highest BCUT2D eigenvalue weighted by Crippen LogP contribution is 2.35. The van der Waals surface area contributed by atoms with Crippen molar-refractivity contribution < 1.29 is 13.2 Å². The number of fused-ring (bicyclic) bond motifs is 1. The normalized spacial score (nSPS) is 19.5. The Hall–Kier alpha value is -1.97. The van der Waals surface area contributed by atoms with Gasteiger partial charge >= 0.3 is 0 Å². The van der Waals surface area contributed by atoms with Gasteiger partial charge in [-0.05, 0) is 57.0 Å². The number of sulfonamides is 1. The predicted octanol–water partition coefficient (Wildman–Crippen LogP) is 3.06. The number of amides is 1. The van der Waals surface area contributed by atoms with Gasteiger partial charge in [0.05, 0.1) is 15.9 Å². The van der Waals surface area contributed by atoms with Gasteiger partial charge in [-0.15, -0.1) is 0 Å². The number of piperidine rings is 1. The molecule has 1 saturated carbocycles. The van der Waals surface area contributed by atoms with Crippen LogP contribution in [0.4, 0.5) is 0 Å². The van der Waals surface area contributed by atoms with Crippen molar-refractivity contribution >= 4 is 27.0 Å². The summed E-state index contributed by atoms with van der Waals surface area (Å²) in [5, 5.41) is 3.25. The molecular formula is C25H39N5O3S. The Labute approximate surface area is 203 Å². The number of hydrogen-bond acceptors (Lipinski definition) is 5. The summed E-state index contributed by atoms with van der Waals surface area (Å²) >= 11 is 0. The lowest BCUT2D eigenvalue weighted by Gasteiger charge is -2.48. The van der Waals surface area contributed by atoms with E-state index in [1.54, 1.807) is 18.2 Å². The maximum absolute atomic E-state index is 12.8. The fourth-order valence-electron chi connectivity index (χ4n) is 5.58. The summed E-state index contributed by atoms with van der Waals surface area (Å²) in [6.45, 7) is 3.04. The van der Waals surface area contributed by atoms with Gasteiger partial charge in [0.2, 0.25) is 15.9 Å². The van der Waals surface area contributed by atoms with Crippen LogP contribution in [0.25, 0.3) is 11.0 Å². The smallest absolute Gasteiger partial charge is 0.242 e. The van der Waals surface area contributed by atoms with Gasteiger partial charge in [-0.1, -0.05) is 25.7 Å². The lowest BCUT2D eigenvalue weighted by atomic mass is 9.79. The number of nitrogens with zero attached hydrogens (tertiary/aromatic N) is 4. The van der Waals surface area contributed by atoms with Crippen LogP contribution in [0.3, 0.4) is 0 Å². The van der Waals surface area contributed by atoms with E-state index in [0.717, 1.165) is 31.0 Å². The quantitative estimate of drug-likeness (QED) is 0.616. The van der Waals surface area contributed by atoms with Crippen molar-refractivity contribution in [3.8, 4) is 0 Å². The Morgan fingerprint density at radius 3 is 2.44 bits per heavy atom. The second kappa shape index (κ2) is 10.3. The molecule has 1 saturated heterocycles. The van der Waals surface area contributed by atoms with Crippen molar-refractivity contribution in [2.45, 2.75) is 74.6 Å². The highest BCUT2D eigenvalue weighted by Gasteiger charge is 2.38. The third kappa shape index (κ3) is 5.16. The Morgan fingerprint density at radius 2 is 1.76 bits per heavy atom. The number of rotatable bonds is 8. The van der Waals surface area contributed by atoms with Gasteiger partial charge in [-0.25, -0.2) is 17.7 Å². The molecule has 9 heteroatoms. The maximum atomic E-state index is 12.8. The van der Waals surface area contributed by atoms with Crippen LogP contribution in [0.1, 0.15) is 63.6 Å². The van der Waals surface area contributed by atoms with E-state index < -0.39 is 10.0 Å². The molecular weight excluding hydrogens is 450 g/mol. The van der Waals surface area contributed by atoms with E-state index in [-0.39, 0.29) is 16.3 Å². The minimum Gasteiger partial charge on any atom is -0.354 e. The SMILES string of the molecule is CN(C)S(=O)(=O)c1ccc2c(c1)nc(CCC(=O)NCC1(N3CCCCC3)CCCCC1)n2C. The summed E-state index contributed by atoms with van der Waals surface area (Å²) < 4.78 is 28.1. The van der Waals surface area contributed by atoms with Gasteiger partial charge in [-0.3, -0.25) is 9.69 Å². The number of aryl methyl sites for hydroxylation is 2. The molecule has 2 aliphatic rings. The Kier molecular flexibility index (Phi) is 7.64. The van der Waals surface area contributed by atoms with Gasteiger partial charge in [0.25, 0.3) is 0 Å². The number of imidazole rings is 1. The Balaban J connectivity index is 1.40. The average molecular weight is 490 g/mol. The third-order valence-electron chi connectivity index (χ3n) is 7.72. The van der Waals surface area contributed by atoms with E-state index in [2.05, 4.69) is 15.2 Å². The van der Waals surface area contributed by atoms with Crippen molar-refractivity contribution in [3.05, 3.63) is 24.0 Å². The highest BCUT2D eigenvalue weighted by molar-refractivity contribution is 7.89. The molecule has 2 fully saturated rings. The van der Waals surface area contributed by atoms with Crippen LogP contribution in [-0.2, 0) is 28.3 Å². The number of nitrogens with one attached hydrogen (secondary N) is 1. The fraction of sp³-hybridized carbons (Fsp3) is 0.680. The number of aromatic nitrogens is 2. The van der Waals surface area contributed by atoms with E-state index in [1.807, 2.05) is 11.6 Å². The van der Waals surface area contributed by atoms with Crippen LogP contribution >= 0.6 is 0 Å². The number of carbonyl (C=O) groups excluding carboxylic acids is 1. The molecule has 34 heavy (non-hydrogen) atoms. The maximum Gasteiger partial charge on any atom is 0.242 e. The largest absolute Gasteiger partial charge is 0.354 e. The number of hydrogen-bond donors (Lipinski definition) is 1. The molecule has 4 rings (SSSR count). The lowest BCUT2D eigenvalue weighted by molar-refractivity contribution is -0.122. The average Bonchev–Trinajstić information content (AvgIpc) is 3.17. The molecule has 0 unspecified atom stereocenters. The van der Waals surface area contributed by atoms with Crippen molar-refractivity contribution in [2.24, 2.45) is 7.05 Å². The van der Waals surface area contributed by atoms with E-state index in [0.29, 0.717) is 18.4 Å². The van der Waals surface area contributed by atoms with E-state index in [9.17, 15) is 13.2 Å². The topological polar surface area (TPSA) is 87.5 Å². The zero-order chi connectivity index (χ0) is 24.3. The van der Waals surface area contributed by atoms with E-state index in [4.69, 9.17) is 0 Å². The van der Waals surface area contributed by atoms with Gasteiger partial charge in [0.15, 0.2) is 0 Å². The highest BCUT2D eigenvalue weighted by atomic mass is 32.2. The molecule has 1 aliphatic heterocycles. The molecule has 1 aromatic carbocycles. The van der Waals surface area contributed by atoms with Gasteiger partial charge in [0.1, 0.15) is 5.82 Å². The first-order valence-electron chi connectivity index (χ1n) is 12.6.